The van der Waals surface area contributed by atoms with Crippen LogP contribution in [0.2, 0.25) is 0 Å². The van der Waals surface area contributed by atoms with Crippen molar-refractivity contribution in [1.82, 2.24) is 0 Å². The Morgan fingerprint density at radius 3 is 0.636 bits per heavy atom. The van der Waals surface area contributed by atoms with Crippen LogP contribution in [0.25, 0.3) is 0 Å². The molecule has 1 heteroatoms. The third kappa shape index (κ3) is 17.7. The van der Waals surface area contributed by atoms with Gasteiger partial charge in [-0.1, -0.05) is 64.1 Å². The fourth-order valence-electron chi connectivity index (χ4n) is 0.385. The molecule has 0 bridgehead atoms. The fourth-order valence-corrected chi connectivity index (χ4v) is 0.385. The van der Waals surface area contributed by atoms with Crippen molar-refractivity contribution in [2.24, 2.45) is 0 Å². The summed E-state index contributed by atoms with van der Waals surface area (Å²) >= 11 is 0. The monoisotopic (exact) mass is 189 g/mol. The molecule has 1 aromatic rings. The second kappa shape index (κ2) is 22.6. The van der Waals surface area contributed by atoms with Crippen LogP contribution >= 0.6 is 0 Å². The van der Waals surface area contributed by atoms with E-state index in [1.54, 1.807) is 0 Å². The van der Waals surface area contributed by atoms with Crippen molar-refractivity contribution < 1.29 is 18.6 Å². The third-order valence-electron chi connectivity index (χ3n) is 0.667. The molecule has 0 heterocycles. The molecule has 0 spiro atoms. The Morgan fingerprint density at radius 2 is 0.545 bits per heavy atom. The van der Waals surface area contributed by atoms with E-state index in [-0.39, 0.29) is 18.6 Å². The smallest absolute Gasteiger partial charge is 0 e. The van der Waals surface area contributed by atoms with Crippen molar-refractivity contribution >= 4 is 0 Å². The first-order chi connectivity index (χ1) is 5.00. The van der Waals surface area contributed by atoms with Crippen molar-refractivity contribution in [3.63, 3.8) is 0 Å². The summed E-state index contributed by atoms with van der Waals surface area (Å²) in [5, 5.41) is 0. The largest absolute Gasteiger partial charge is 0.0683 e. The van der Waals surface area contributed by atoms with E-state index in [9.17, 15) is 0 Å². The first kappa shape index (κ1) is 17.1. The predicted molar refractivity (Wildman–Crippen MR) is 49.1 cm³/mol. The van der Waals surface area contributed by atoms with Gasteiger partial charge in [-0.3, -0.25) is 0 Å². The zero-order chi connectivity index (χ0) is 8.24. The Morgan fingerprint density at radius 1 is 0.455 bits per heavy atom. The maximum atomic E-state index is 2.00. The van der Waals surface area contributed by atoms with E-state index in [1.165, 1.54) is 0 Å². The zero-order valence-corrected chi connectivity index (χ0v) is 9.31. The van der Waals surface area contributed by atoms with Gasteiger partial charge in [0.15, 0.2) is 0 Å². The molecule has 0 atom stereocenters. The maximum Gasteiger partial charge on any atom is 0 e. The summed E-state index contributed by atoms with van der Waals surface area (Å²) in [4.78, 5) is 0. The normalized spacial score (nSPS) is 5.45. The Hall–Kier alpha value is -0.196. The van der Waals surface area contributed by atoms with Crippen LogP contribution in [0.4, 0.5) is 0 Å². The molecule has 0 amide bonds. The molecule has 1 radical (unpaired) electrons. The van der Waals surface area contributed by atoms with Gasteiger partial charge in [0, 0.05) is 18.6 Å². The van der Waals surface area contributed by atoms with Crippen LogP contribution in [0.15, 0.2) is 36.4 Å². The summed E-state index contributed by atoms with van der Waals surface area (Å²) in [6, 6.07) is 12.0. The van der Waals surface area contributed by atoms with Gasteiger partial charge < -0.3 is 0 Å². The van der Waals surface area contributed by atoms with Crippen molar-refractivity contribution in [1.29, 1.82) is 0 Å². The van der Waals surface area contributed by atoms with Crippen LogP contribution in [0.5, 0.6) is 0 Å². The van der Waals surface area contributed by atoms with Crippen molar-refractivity contribution in [2.45, 2.75) is 27.7 Å². The molecule has 0 saturated carbocycles. The predicted octanol–water partition coefficient (Wildman–Crippen LogP) is 3.74. The number of hydrogen-bond acceptors (Lipinski definition) is 0. The third-order valence-corrected chi connectivity index (χ3v) is 0.667. The van der Waals surface area contributed by atoms with Crippen molar-refractivity contribution in [3.8, 4) is 0 Å². The van der Waals surface area contributed by atoms with Crippen LogP contribution in [0.3, 0.4) is 0 Å². The molecular formula is C10H18V. The fraction of sp³-hybridized carbons (Fsp3) is 0.400. The molecule has 1 aromatic carbocycles. The van der Waals surface area contributed by atoms with Gasteiger partial charge in [0.05, 0.1) is 0 Å². The van der Waals surface area contributed by atoms with Gasteiger partial charge in [-0.15, -0.1) is 0 Å². The van der Waals surface area contributed by atoms with Crippen LogP contribution in [0, 0.1) is 0 Å². The maximum absolute atomic E-state index is 2.00. The average Bonchev–Trinajstić information content (AvgIpc) is 2.14. The second-order valence-corrected chi connectivity index (χ2v) is 1.15. The molecule has 0 aliphatic rings. The topological polar surface area (TPSA) is 0 Å². The molecular weight excluding hydrogens is 171 g/mol. The van der Waals surface area contributed by atoms with Crippen molar-refractivity contribution in [2.75, 3.05) is 0 Å². The minimum Gasteiger partial charge on any atom is -0.0683 e. The molecule has 0 aliphatic heterocycles. The quantitative estimate of drug-likeness (QED) is 0.583. The van der Waals surface area contributed by atoms with Gasteiger partial charge in [0.1, 0.15) is 0 Å². The van der Waals surface area contributed by atoms with E-state index in [0.29, 0.717) is 0 Å². The zero-order valence-electron chi connectivity index (χ0n) is 7.91. The van der Waals surface area contributed by atoms with Crippen LogP contribution < -0.4 is 0 Å². The molecule has 1 rings (SSSR count). The Labute approximate surface area is 82.9 Å². The second-order valence-electron chi connectivity index (χ2n) is 1.15. The number of hydrogen-bond donors (Lipinski definition) is 0. The van der Waals surface area contributed by atoms with Crippen LogP contribution in [-0.4, -0.2) is 0 Å². The van der Waals surface area contributed by atoms with Gasteiger partial charge in [-0.2, -0.15) is 0 Å². The molecule has 0 aromatic heterocycles. The summed E-state index contributed by atoms with van der Waals surface area (Å²) in [5.74, 6) is 0. The average molecular weight is 189 g/mol. The first-order valence-corrected chi connectivity index (χ1v) is 4.00. The van der Waals surface area contributed by atoms with E-state index in [1.807, 2.05) is 64.1 Å². The van der Waals surface area contributed by atoms with Crippen molar-refractivity contribution in [3.05, 3.63) is 36.4 Å². The van der Waals surface area contributed by atoms with Gasteiger partial charge in [-0.25, -0.2) is 0 Å². The Kier molecular flexibility index (Phi) is 35.0. The van der Waals surface area contributed by atoms with E-state index >= 15 is 0 Å². The standard InChI is InChI=1S/C6H6.2C2H6.V/c1-2-4-6-5-3-1;2*1-2;/h1-6H;2*1-2H3;. The van der Waals surface area contributed by atoms with Gasteiger partial charge in [0.25, 0.3) is 0 Å². The van der Waals surface area contributed by atoms with Gasteiger partial charge in [0.2, 0.25) is 0 Å². The first-order valence-electron chi connectivity index (χ1n) is 4.00. The van der Waals surface area contributed by atoms with Gasteiger partial charge >= 0.3 is 0 Å². The van der Waals surface area contributed by atoms with Crippen LogP contribution in [-0.2, 0) is 18.6 Å². The number of rotatable bonds is 0. The molecule has 11 heavy (non-hydrogen) atoms. The summed E-state index contributed by atoms with van der Waals surface area (Å²) in [6.07, 6.45) is 0. The molecule has 63 valence electrons. The van der Waals surface area contributed by atoms with Crippen LogP contribution in [0.1, 0.15) is 27.7 Å². The molecule has 0 N–H and O–H groups in total. The summed E-state index contributed by atoms with van der Waals surface area (Å²) < 4.78 is 0. The Bertz CT molecular complexity index is 76.8. The summed E-state index contributed by atoms with van der Waals surface area (Å²) in [5.41, 5.74) is 0. The summed E-state index contributed by atoms with van der Waals surface area (Å²) in [6.45, 7) is 8.00. The van der Waals surface area contributed by atoms with Gasteiger partial charge in [-0.05, 0) is 0 Å². The summed E-state index contributed by atoms with van der Waals surface area (Å²) in [7, 11) is 0. The van der Waals surface area contributed by atoms with E-state index in [0.717, 1.165) is 0 Å². The molecule has 0 unspecified atom stereocenters. The minimum atomic E-state index is 0. The SMILES string of the molecule is CC.CC.[V].c1ccccc1. The van der Waals surface area contributed by atoms with E-state index in [4.69, 9.17) is 0 Å². The van der Waals surface area contributed by atoms with E-state index < -0.39 is 0 Å². The van der Waals surface area contributed by atoms with E-state index in [2.05, 4.69) is 0 Å². The minimum absolute atomic E-state index is 0. The molecule has 0 nitrogen and oxygen atoms in total. The molecule has 0 aliphatic carbocycles. The molecule has 0 saturated heterocycles. The molecule has 0 fully saturated rings. The Balaban J connectivity index is -0.000000114. The number of benzene rings is 1.